The Kier molecular flexibility index (Phi) is 4.65. The molecule has 30 heavy (non-hydrogen) atoms. The van der Waals surface area contributed by atoms with Crippen LogP contribution < -0.4 is 5.48 Å². The van der Waals surface area contributed by atoms with E-state index in [2.05, 4.69) is 4.98 Å². The van der Waals surface area contributed by atoms with Gasteiger partial charge in [0.05, 0.1) is 12.1 Å². The molecule has 3 atom stereocenters. The Labute approximate surface area is 174 Å². The van der Waals surface area contributed by atoms with Crippen LogP contribution in [0.15, 0.2) is 95.5 Å². The fourth-order valence-corrected chi connectivity index (χ4v) is 4.21. The van der Waals surface area contributed by atoms with E-state index in [9.17, 15) is 4.79 Å². The van der Waals surface area contributed by atoms with Crippen molar-refractivity contribution in [3.8, 4) is 22.8 Å². The van der Waals surface area contributed by atoms with Gasteiger partial charge in [0.15, 0.2) is 5.76 Å². The lowest BCUT2D eigenvalue weighted by Gasteiger charge is -2.03. The van der Waals surface area contributed by atoms with Gasteiger partial charge in [-0.25, -0.2) is 10.5 Å². The topological polar surface area (TPSA) is 75.4 Å². The predicted octanol–water partition coefficient (Wildman–Crippen LogP) is 5.01. The summed E-state index contributed by atoms with van der Waals surface area (Å²) in [4.78, 5) is 16.6. The Hall–Kier alpha value is -3.70. The lowest BCUT2D eigenvalue weighted by molar-refractivity contribution is -0.130. The first-order chi connectivity index (χ1) is 14.8. The highest BCUT2D eigenvalue weighted by Crippen LogP contribution is 2.60. The van der Waals surface area contributed by atoms with Crippen LogP contribution in [0, 0.1) is 5.92 Å². The van der Waals surface area contributed by atoms with Gasteiger partial charge in [-0.05, 0) is 23.3 Å². The summed E-state index contributed by atoms with van der Waals surface area (Å²) in [6.07, 6.45) is 1.73. The van der Waals surface area contributed by atoms with E-state index in [1.807, 2.05) is 90.4 Å². The monoisotopic (exact) mass is 396 g/mol. The molecule has 3 unspecified atom stereocenters. The van der Waals surface area contributed by atoms with Crippen molar-refractivity contribution in [2.75, 3.05) is 0 Å². The third kappa shape index (κ3) is 3.29. The van der Waals surface area contributed by atoms with Crippen LogP contribution in [0.5, 0.6) is 0 Å². The van der Waals surface area contributed by atoms with Gasteiger partial charge in [-0.1, -0.05) is 72.8 Å². The number of benzene rings is 3. The molecule has 1 heterocycles. The highest BCUT2D eigenvalue weighted by Gasteiger charge is 2.56. The average molecular weight is 396 g/mol. The maximum atomic E-state index is 12.2. The summed E-state index contributed by atoms with van der Waals surface area (Å²) in [5.41, 5.74) is 5.84. The molecular formula is C25H20N2O3. The number of rotatable bonds is 5. The van der Waals surface area contributed by atoms with Gasteiger partial charge in [-0.15, -0.1) is 0 Å². The normalized spacial score (nSPS) is 20.0. The molecule has 0 aliphatic heterocycles. The van der Waals surface area contributed by atoms with E-state index in [0.717, 1.165) is 22.3 Å². The lowest BCUT2D eigenvalue weighted by Crippen LogP contribution is -2.21. The predicted molar refractivity (Wildman–Crippen MR) is 113 cm³/mol. The van der Waals surface area contributed by atoms with Gasteiger partial charge in [0.25, 0.3) is 0 Å². The van der Waals surface area contributed by atoms with Crippen LogP contribution in [0.4, 0.5) is 0 Å². The number of carbonyl (C=O) groups excluding carboxylic acids is 1. The zero-order valence-electron chi connectivity index (χ0n) is 16.1. The van der Waals surface area contributed by atoms with Crippen molar-refractivity contribution in [1.82, 2.24) is 10.5 Å². The number of aromatic nitrogens is 1. The number of oxazole rings is 1. The summed E-state index contributed by atoms with van der Waals surface area (Å²) in [7, 11) is 0. The quantitative estimate of drug-likeness (QED) is 0.367. The third-order valence-corrected chi connectivity index (χ3v) is 5.72. The minimum absolute atomic E-state index is 0.0307. The van der Waals surface area contributed by atoms with Crippen LogP contribution in [0.2, 0.25) is 0 Å². The largest absolute Gasteiger partial charge is 0.436 e. The first-order valence-electron chi connectivity index (χ1n) is 9.87. The number of hydrogen-bond donors (Lipinski definition) is 2. The number of hydrogen-bond acceptors (Lipinski definition) is 4. The molecule has 0 bridgehead atoms. The van der Waals surface area contributed by atoms with Crippen molar-refractivity contribution in [3.05, 3.63) is 102 Å². The zero-order chi connectivity index (χ0) is 20.5. The Morgan fingerprint density at radius 1 is 0.800 bits per heavy atom. The van der Waals surface area contributed by atoms with Gasteiger partial charge in [0, 0.05) is 23.0 Å². The summed E-state index contributed by atoms with van der Waals surface area (Å²) in [5.74, 6) is 0.738. The van der Waals surface area contributed by atoms with Gasteiger partial charge in [-0.2, -0.15) is 0 Å². The fourth-order valence-electron chi connectivity index (χ4n) is 4.21. The van der Waals surface area contributed by atoms with E-state index >= 15 is 0 Å². The molecule has 2 N–H and O–H groups in total. The summed E-state index contributed by atoms with van der Waals surface area (Å²) >= 11 is 0. The molecule has 0 spiro atoms. The molecule has 148 valence electrons. The number of nitrogens with zero attached hydrogens (tertiary/aromatic N) is 1. The highest BCUT2D eigenvalue weighted by molar-refractivity contribution is 5.84. The van der Waals surface area contributed by atoms with Crippen LogP contribution in [0.25, 0.3) is 22.8 Å². The first-order valence-corrected chi connectivity index (χ1v) is 9.87. The molecule has 3 aromatic carbocycles. The second-order valence-electron chi connectivity index (χ2n) is 7.48. The van der Waals surface area contributed by atoms with Gasteiger partial charge < -0.3 is 4.42 Å². The Bertz CT molecular complexity index is 1150. The van der Waals surface area contributed by atoms with Crippen molar-refractivity contribution in [2.24, 2.45) is 5.92 Å². The molecule has 1 amide bonds. The van der Waals surface area contributed by atoms with Crippen LogP contribution >= 0.6 is 0 Å². The number of hydroxylamine groups is 1. The Morgan fingerprint density at radius 3 is 2.03 bits per heavy atom. The van der Waals surface area contributed by atoms with E-state index < -0.39 is 0 Å². The molecule has 1 saturated carbocycles. The average Bonchev–Trinajstić information content (AvgIpc) is 3.37. The van der Waals surface area contributed by atoms with Crippen molar-refractivity contribution in [2.45, 2.75) is 11.8 Å². The SMILES string of the molecule is O=C(NO)C1C(c2ccccc2)C1c1ccc(-c2cnc(-c3ccccc3)o2)cc1. The third-order valence-electron chi connectivity index (χ3n) is 5.72. The first kappa shape index (κ1) is 18.3. The van der Waals surface area contributed by atoms with Crippen LogP contribution in [-0.2, 0) is 4.79 Å². The fraction of sp³-hybridized carbons (Fsp3) is 0.120. The van der Waals surface area contributed by atoms with Gasteiger partial charge in [0.2, 0.25) is 11.8 Å². The molecule has 0 saturated heterocycles. The zero-order valence-corrected chi connectivity index (χ0v) is 16.1. The molecule has 4 aromatic rings. The van der Waals surface area contributed by atoms with E-state index in [0.29, 0.717) is 11.7 Å². The van der Waals surface area contributed by atoms with Gasteiger partial charge >= 0.3 is 0 Å². The minimum Gasteiger partial charge on any atom is -0.436 e. The van der Waals surface area contributed by atoms with E-state index in [-0.39, 0.29) is 23.7 Å². The molecular weight excluding hydrogens is 376 g/mol. The molecule has 5 rings (SSSR count). The molecule has 1 aliphatic rings. The minimum atomic E-state index is -0.347. The maximum absolute atomic E-state index is 12.2. The molecule has 1 fully saturated rings. The van der Waals surface area contributed by atoms with E-state index in [1.165, 1.54) is 0 Å². The van der Waals surface area contributed by atoms with Crippen LogP contribution in [-0.4, -0.2) is 16.1 Å². The van der Waals surface area contributed by atoms with Gasteiger partial charge in [-0.3, -0.25) is 10.0 Å². The Morgan fingerprint density at radius 2 is 1.40 bits per heavy atom. The standard InChI is InChI=1S/C25H20N2O3/c28-24(27-29)23-21(17-7-3-1-4-8-17)22(23)18-13-11-16(12-14-18)20-15-26-25(30-20)19-9-5-2-6-10-19/h1-15,21-23,29H,(H,27,28). The number of nitrogens with one attached hydrogen (secondary N) is 1. The summed E-state index contributed by atoms with van der Waals surface area (Å²) in [6, 6.07) is 27.7. The summed E-state index contributed by atoms with van der Waals surface area (Å²) in [6.45, 7) is 0. The van der Waals surface area contributed by atoms with Gasteiger partial charge in [0.1, 0.15) is 0 Å². The van der Waals surface area contributed by atoms with E-state index in [1.54, 1.807) is 6.20 Å². The molecule has 0 radical (unpaired) electrons. The van der Waals surface area contributed by atoms with Crippen molar-refractivity contribution in [1.29, 1.82) is 0 Å². The van der Waals surface area contributed by atoms with Crippen molar-refractivity contribution >= 4 is 5.91 Å². The molecule has 5 heteroatoms. The van der Waals surface area contributed by atoms with Crippen LogP contribution in [0.1, 0.15) is 23.0 Å². The smallest absolute Gasteiger partial charge is 0.247 e. The molecule has 1 aliphatic carbocycles. The summed E-state index contributed by atoms with van der Waals surface area (Å²) in [5, 5.41) is 9.14. The highest BCUT2D eigenvalue weighted by atomic mass is 16.5. The lowest BCUT2D eigenvalue weighted by atomic mass is 10.0. The Balaban J connectivity index is 1.40. The number of amides is 1. The van der Waals surface area contributed by atoms with Crippen molar-refractivity contribution in [3.63, 3.8) is 0 Å². The van der Waals surface area contributed by atoms with Crippen LogP contribution in [0.3, 0.4) is 0 Å². The number of carbonyl (C=O) groups is 1. The second kappa shape index (κ2) is 7.61. The molecule has 5 nitrogen and oxygen atoms in total. The maximum Gasteiger partial charge on any atom is 0.247 e. The second-order valence-corrected chi connectivity index (χ2v) is 7.48. The summed E-state index contributed by atoms with van der Waals surface area (Å²) < 4.78 is 5.93. The van der Waals surface area contributed by atoms with E-state index in [4.69, 9.17) is 9.62 Å². The molecule has 1 aromatic heterocycles. The van der Waals surface area contributed by atoms with Crippen molar-refractivity contribution < 1.29 is 14.4 Å².